The zero-order valence-electron chi connectivity index (χ0n) is 2.10. The van der Waals surface area contributed by atoms with Crippen LogP contribution in [0.3, 0.4) is 0 Å². The van der Waals surface area contributed by atoms with E-state index in [1.807, 2.05) is 0 Å². The molecule has 0 heterocycles. The molecule has 4 N–H and O–H groups in total. The van der Waals surface area contributed by atoms with E-state index in [4.69, 9.17) is 10.5 Å². The Morgan fingerprint density at radius 2 is 1.00 bits per heavy atom. The minimum atomic E-state index is 0. The summed E-state index contributed by atoms with van der Waals surface area (Å²) < 4.78 is 0. The van der Waals surface area contributed by atoms with Crippen LogP contribution in [0.2, 0.25) is 0 Å². The van der Waals surface area contributed by atoms with Crippen LogP contribution in [0.15, 0.2) is 0 Å². The van der Waals surface area contributed by atoms with Crippen molar-refractivity contribution in [2.45, 2.75) is 0 Å². The van der Waals surface area contributed by atoms with Crippen LogP contribution in [0.25, 0.3) is 0 Å². The van der Waals surface area contributed by atoms with E-state index < -0.39 is 0 Å². The van der Waals surface area contributed by atoms with Gasteiger partial charge in [0.1, 0.15) is 0 Å². The third kappa shape index (κ3) is 22.3. The average molecular weight is 117 g/mol. The Balaban J connectivity index is -0.00000000500. The van der Waals surface area contributed by atoms with Crippen LogP contribution < -0.4 is 0 Å². The van der Waals surface area contributed by atoms with Gasteiger partial charge in [0, 0.05) is 19.5 Å². The molecule has 0 aliphatic heterocycles. The van der Waals surface area contributed by atoms with Crippen LogP contribution in [-0.4, -0.2) is 16.0 Å². The molecule has 0 aromatic rings. The van der Waals surface area contributed by atoms with Gasteiger partial charge < -0.3 is 5.48 Å². The van der Waals surface area contributed by atoms with Crippen LogP contribution in [0, 0.1) is 0 Å². The summed E-state index contributed by atoms with van der Waals surface area (Å²) in [6, 6.07) is 0. The summed E-state index contributed by atoms with van der Waals surface area (Å²) in [6.45, 7) is 0. The van der Waals surface area contributed by atoms with E-state index in [9.17, 15) is 0 Å². The molecular weight excluding hydrogens is 113 g/mol. The average Bonchev–Trinajstić information content (AvgIpc) is 1.00. The fourth-order valence-corrected chi connectivity index (χ4v) is 0. The second-order valence-electron chi connectivity index (χ2n) is 0. The van der Waals surface area contributed by atoms with Gasteiger partial charge in [0.2, 0.25) is 0 Å². The van der Waals surface area contributed by atoms with Crippen LogP contribution in [-0.2, 0) is 19.5 Å². The molecule has 0 bridgehead atoms. The normalized spacial score (nSPS) is 1.50. The first-order valence-electron chi connectivity index (χ1n) is 0.200. The van der Waals surface area contributed by atoms with Crippen molar-refractivity contribution in [3.05, 3.63) is 0 Å². The van der Waals surface area contributed by atoms with Crippen LogP contribution in [0.5, 0.6) is 0 Å². The Labute approximate surface area is 36.3 Å². The van der Waals surface area contributed by atoms with Gasteiger partial charge in [0.05, 0.1) is 0 Å². The smallest absolute Gasteiger partial charge is 0 e. The summed E-state index contributed by atoms with van der Waals surface area (Å²) in [4.78, 5) is 0. The number of hydrogen-bond donors (Lipinski definition) is 2. The summed E-state index contributed by atoms with van der Waals surface area (Å²) in [6.07, 6.45) is 0. The summed E-state index contributed by atoms with van der Waals surface area (Å²) in [5.41, 5.74) is 0. The van der Waals surface area contributed by atoms with E-state index in [1.54, 1.807) is 0 Å². The maximum atomic E-state index is 6.00. The third-order valence-electron chi connectivity index (χ3n) is 0. The van der Waals surface area contributed by atoms with Gasteiger partial charge in [-0.25, -0.2) is 0 Å². The van der Waals surface area contributed by atoms with Crippen LogP contribution in [0.4, 0.5) is 0 Å². The molecule has 0 spiro atoms. The minimum absolute atomic E-state index is 0. The Morgan fingerprint density at radius 1 is 1.00 bits per heavy atom. The molecule has 0 radical (unpaired) electrons. The summed E-state index contributed by atoms with van der Waals surface area (Å²) >= 11 is 0. The SMILES string of the molecule is O.OO.[Zn]. The molecule has 4 heavy (non-hydrogen) atoms. The first-order valence-corrected chi connectivity index (χ1v) is 0.200. The molecule has 0 aliphatic carbocycles. The monoisotopic (exact) mass is 116 g/mol. The molecular formula is H4O3Zn. The standard InChI is InChI=1S/H2O2.H2O.Zn/c1-2;;/h1-2H;1H2;. The molecule has 0 atom stereocenters. The predicted molar refractivity (Wildman–Crippen MR) is 8.87 cm³/mol. The van der Waals surface area contributed by atoms with Gasteiger partial charge in [-0.15, -0.1) is 0 Å². The number of hydrogen-bond acceptors (Lipinski definition) is 2. The van der Waals surface area contributed by atoms with Crippen molar-refractivity contribution in [1.29, 1.82) is 0 Å². The first kappa shape index (κ1) is 24.5. The molecule has 0 aliphatic rings. The topological polar surface area (TPSA) is 72.0 Å². The van der Waals surface area contributed by atoms with Gasteiger partial charge >= 0.3 is 0 Å². The van der Waals surface area contributed by atoms with Gasteiger partial charge in [0.25, 0.3) is 0 Å². The van der Waals surface area contributed by atoms with E-state index in [0.717, 1.165) is 0 Å². The van der Waals surface area contributed by atoms with E-state index >= 15 is 0 Å². The number of rotatable bonds is 0. The van der Waals surface area contributed by atoms with Crippen molar-refractivity contribution in [3.63, 3.8) is 0 Å². The molecule has 0 aromatic carbocycles. The molecule has 0 saturated heterocycles. The fraction of sp³-hybridized carbons (Fsp3) is 0. The predicted octanol–water partition coefficient (Wildman–Crippen LogP) is -0.810. The molecule has 0 saturated carbocycles. The maximum Gasteiger partial charge on any atom is 0 e. The fourth-order valence-electron chi connectivity index (χ4n) is 0. The van der Waals surface area contributed by atoms with Crippen molar-refractivity contribution in [2.75, 3.05) is 0 Å². The zero-order chi connectivity index (χ0) is 2.00. The zero-order valence-corrected chi connectivity index (χ0v) is 5.07. The largest absolute Gasteiger partial charge is 0.412 e. The van der Waals surface area contributed by atoms with Crippen molar-refractivity contribution >= 4 is 0 Å². The Morgan fingerprint density at radius 3 is 1.00 bits per heavy atom. The molecule has 0 rings (SSSR count). The second kappa shape index (κ2) is 86.6. The summed E-state index contributed by atoms with van der Waals surface area (Å²) in [5.74, 6) is 0. The van der Waals surface area contributed by atoms with Gasteiger partial charge in [-0.05, 0) is 0 Å². The molecule has 24 valence electrons. The van der Waals surface area contributed by atoms with Crippen LogP contribution in [0.1, 0.15) is 0 Å². The van der Waals surface area contributed by atoms with E-state index in [2.05, 4.69) is 0 Å². The van der Waals surface area contributed by atoms with Gasteiger partial charge in [-0.1, -0.05) is 0 Å². The van der Waals surface area contributed by atoms with Gasteiger partial charge in [0.15, 0.2) is 0 Å². The van der Waals surface area contributed by atoms with E-state index in [1.165, 1.54) is 0 Å². The molecule has 0 unspecified atom stereocenters. The molecule has 0 fully saturated rings. The van der Waals surface area contributed by atoms with E-state index in [0.29, 0.717) is 0 Å². The van der Waals surface area contributed by atoms with Crippen molar-refractivity contribution in [3.8, 4) is 0 Å². The third-order valence-corrected chi connectivity index (χ3v) is 0. The molecule has 4 heteroatoms. The van der Waals surface area contributed by atoms with E-state index in [-0.39, 0.29) is 25.0 Å². The van der Waals surface area contributed by atoms with Gasteiger partial charge in [-0.2, -0.15) is 0 Å². The first-order chi connectivity index (χ1) is 1.00. The Hall–Kier alpha value is 0.503. The van der Waals surface area contributed by atoms with Crippen molar-refractivity contribution in [1.82, 2.24) is 0 Å². The Bertz CT molecular complexity index is 3.25. The maximum absolute atomic E-state index is 6.00. The molecule has 0 aromatic heterocycles. The quantitative estimate of drug-likeness (QED) is 0.247. The van der Waals surface area contributed by atoms with Crippen molar-refractivity contribution < 1.29 is 35.5 Å². The van der Waals surface area contributed by atoms with Gasteiger partial charge in [-0.3, -0.25) is 10.5 Å². The van der Waals surface area contributed by atoms with Crippen molar-refractivity contribution in [2.24, 2.45) is 0 Å². The second-order valence-corrected chi connectivity index (χ2v) is 0. The van der Waals surface area contributed by atoms with Crippen LogP contribution >= 0.6 is 0 Å². The summed E-state index contributed by atoms with van der Waals surface area (Å²) in [5, 5.41) is 12.0. The minimum Gasteiger partial charge on any atom is -0.412 e. The molecule has 3 nitrogen and oxygen atoms in total. The summed E-state index contributed by atoms with van der Waals surface area (Å²) in [7, 11) is 0. The molecule has 0 amide bonds. The Kier molecular flexibility index (Phi) is 530.